The number of esters is 1. The normalized spacial score (nSPS) is 17.2. The molecule has 1 fully saturated rings. The van der Waals surface area contributed by atoms with Crippen molar-refractivity contribution in [3.63, 3.8) is 0 Å². The maximum atomic E-state index is 15.8. The van der Waals surface area contributed by atoms with Gasteiger partial charge >= 0.3 is 12.1 Å². The lowest BCUT2D eigenvalue weighted by atomic mass is 9.84. The first-order valence-electron chi connectivity index (χ1n) is 15.2. The van der Waals surface area contributed by atoms with E-state index in [1.807, 2.05) is 46.8 Å². The number of nitrogens with zero attached hydrogens (tertiary/aromatic N) is 3. The number of rotatable bonds is 10. The van der Waals surface area contributed by atoms with Gasteiger partial charge in [0.05, 0.1) is 29.6 Å². The van der Waals surface area contributed by atoms with Crippen molar-refractivity contribution in [1.82, 2.24) is 14.5 Å². The van der Waals surface area contributed by atoms with E-state index in [1.54, 1.807) is 36.2 Å². The minimum absolute atomic E-state index is 0.0330. The van der Waals surface area contributed by atoms with Crippen molar-refractivity contribution in [2.75, 3.05) is 26.8 Å². The third-order valence-corrected chi connectivity index (χ3v) is 8.05. The van der Waals surface area contributed by atoms with Crippen LogP contribution >= 0.6 is 0 Å². The van der Waals surface area contributed by atoms with Crippen LogP contribution in [0.4, 0.5) is 18.0 Å². The number of hydrogen-bond donors (Lipinski definition) is 0. The largest absolute Gasteiger partial charge is 0.465 e. The Bertz CT molecular complexity index is 1530. The third kappa shape index (κ3) is 7.80. The average Bonchev–Trinajstić information content (AvgIpc) is 3.58. The molecule has 0 aliphatic carbocycles. The fourth-order valence-electron chi connectivity index (χ4n) is 5.90. The molecule has 246 valence electrons. The lowest BCUT2D eigenvalue weighted by Crippen LogP contribution is -2.35. The van der Waals surface area contributed by atoms with Crippen molar-refractivity contribution in [3.8, 4) is 11.3 Å². The van der Waals surface area contributed by atoms with Crippen LogP contribution in [0, 0.1) is 5.41 Å². The maximum Gasteiger partial charge on any atom is 0.410 e. The van der Waals surface area contributed by atoms with Gasteiger partial charge in [-0.1, -0.05) is 19.9 Å². The van der Waals surface area contributed by atoms with E-state index >= 15 is 4.39 Å². The zero-order valence-electron chi connectivity index (χ0n) is 27.3. The summed E-state index contributed by atoms with van der Waals surface area (Å²) >= 11 is 0. The van der Waals surface area contributed by atoms with Gasteiger partial charge in [-0.05, 0) is 75.9 Å². The molecule has 3 aromatic rings. The predicted molar refractivity (Wildman–Crippen MR) is 166 cm³/mol. The second-order valence-electron chi connectivity index (χ2n) is 13.5. The van der Waals surface area contributed by atoms with Gasteiger partial charge < -0.3 is 23.7 Å². The number of benzene rings is 1. The number of methoxy groups -OCH3 is 1. The number of fused-ring (bicyclic) bond motifs is 1. The molecule has 1 aromatic carbocycles. The van der Waals surface area contributed by atoms with Gasteiger partial charge in [0.15, 0.2) is 0 Å². The fraction of sp³-hybridized carbons (Fsp3) is 0.559. The number of amides is 1. The molecule has 2 unspecified atom stereocenters. The number of aromatic nitrogens is 2. The van der Waals surface area contributed by atoms with Crippen LogP contribution in [0.3, 0.4) is 0 Å². The Morgan fingerprint density at radius 2 is 1.82 bits per heavy atom. The molecule has 3 heterocycles. The SMILES string of the molecule is CO[C@@H](C)c1ncccc1-c1c(CC(C)(C)COC(C)=O)c2cc(C3CCN(C(=O)OC(C)(C)C)C3)ccc2n1C(F)C(F)F. The molecule has 1 aliphatic rings. The first-order chi connectivity index (χ1) is 21.0. The zero-order valence-corrected chi connectivity index (χ0v) is 27.3. The molecule has 1 aliphatic heterocycles. The summed E-state index contributed by atoms with van der Waals surface area (Å²) in [5.41, 5.74) is 1.81. The van der Waals surface area contributed by atoms with Crippen LogP contribution in [0.5, 0.6) is 0 Å². The van der Waals surface area contributed by atoms with Gasteiger partial charge in [0.25, 0.3) is 6.43 Å². The van der Waals surface area contributed by atoms with E-state index in [9.17, 15) is 18.4 Å². The molecule has 45 heavy (non-hydrogen) atoms. The molecule has 11 heteroatoms. The van der Waals surface area contributed by atoms with E-state index in [4.69, 9.17) is 14.2 Å². The fourth-order valence-corrected chi connectivity index (χ4v) is 5.90. The van der Waals surface area contributed by atoms with Crippen molar-refractivity contribution in [2.45, 2.75) is 91.7 Å². The van der Waals surface area contributed by atoms with E-state index in [0.29, 0.717) is 47.2 Å². The molecule has 8 nitrogen and oxygen atoms in total. The lowest BCUT2D eigenvalue weighted by Gasteiger charge is -2.26. The summed E-state index contributed by atoms with van der Waals surface area (Å²) in [4.78, 5) is 30.6. The molecule has 0 spiro atoms. The van der Waals surface area contributed by atoms with E-state index in [2.05, 4.69) is 4.98 Å². The van der Waals surface area contributed by atoms with Gasteiger partial charge in [-0.15, -0.1) is 0 Å². The summed E-state index contributed by atoms with van der Waals surface area (Å²) < 4.78 is 61.8. The molecular weight excluding hydrogens is 587 g/mol. The summed E-state index contributed by atoms with van der Waals surface area (Å²) in [5, 5.41) is 0.609. The highest BCUT2D eigenvalue weighted by atomic mass is 19.3. The van der Waals surface area contributed by atoms with Gasteiger partial charge in [-0.2, -0.15) is 0 Å². The quantitative estimate of drug-likeness (QED) is 0.211. The first kappa shape index (κ1) is 34.3. The highest BCUT2D eigenvalue weighted by Gasteiger charge is 2.35. The highest BCUT2D eigenvalue weighted by molar-refractivity contribution is 5.93. The molecule has 0 saturated carbocycles. The molecule has 0 N–H and O–H groups in total. The zero-order chi connectivity index (χ0) is 33.3. The Labute approximate surface area is 262 Å². The van der Waals surface area contributed by atoms with Crippen molar-refractivity contribution in [2.24, 2.45) is 5.41 Å². The van der Waals surface area contributed by atoms with Crippen LogP contribution in [-0.2, 0) is 25.4 Å². The second kappa shape index (κ2) is 13.4. The Morgan fingerprint density at radius 1 is 1.11 bits per heavy atom. The minimum atomic E-state index is -3.29. The molecule has 2 aromatic heterocycles. The predicted octanol–water partition coefficient (Wildman–Crippen LogP) is 8.00. The van der Waals surface area contributed by atoms with Crippen LogP contribution in [0.2, 0.25) is 0 Å². The van der Waals surface area contributed by atoms with Crippen molar-refractivity contribution >= 4 is 23.0 Å². The first-order valence-corrected chi connectivity index (χ1v) is 15.2. The van der Waals surface area contributed by atoms with Crippen LogP contribution in [0.1, 0.15) is 90.0 Å². The molecular formula is C34H44F3N3O5. The number of carbonyl (C=O) groups is 2. The van der Waals surface area contributed by atoms with E-state index < -0.39 is 35.8 Å². The van der Waals surface area contributed by atoms with Crippen molar-refractivity contribution in [1.29, 1.82) is 0 Å². The van der Waals surface area contributed by atoms with Crippen LogP contribution in [0.15, 0.2) is 36.5 Å². The minimum Gasteiger partial charge on any atom is -0.465 e. The summed E-state index contributed by atoms with van der Waals surface area (Å²) in [6, 6.07) is 8.84. The Hall–Kier alpha value is -3.60. The summed E-state index contributed by atoms with van der Waals surface area (Å²) in [7, 11) is 1.52. The van der Waals surface area contributed by atoms with Crippen LogP contribution in [0.25, 0.3) is 22.2 Å². The number of ether oxygens (including phenoxy) is 3. The molecule has 0 bridgehead atoms. The summed E-state index contributed by atoms with van der Waals surface area (Å²) in [6.07, 6.45) is -4.28. The number of hydrogen-bond acceptors (Lipinski definition) is 6. The van der Waals surface area contributed by atoms with Crippen LogP contribution in [-0.4, -0.2) is 65.3 Å². The number of likely N-dealkylation sites (tertiary alicyclic amines) is 1. The Balaban J connectivity index is 1.93. The molecule has 3 atom stereocenters. The van der Waals surface area contributed by atoms with Crippen LogP contribution < -0.4 is 0 Å². The van der Waals surface area contributed by atoms with E-state index in [1.165, 1.54) is 14.0 Å². The molecule has 4 rings (SSSR count). The number of pyridine rings is 1. The second-order valence-corrected chi connectivity index (χ2v) is 13.5. The van der Waals surface area contributed by atoms with Crippen molar-refractivity contribution < 1.29 is 37.0 Å². The van der Waals surface area contributed by atoms with E-state index in [-0.39, 0.29) is 30.7 Å². The van der Waals surface area contributed by atoms with Crippen molar-refractivity contribution in [3.05, 3.63) is 53.3 Å². The smallest absolute Gasteiger partial charge is 0.410 e. The number of halogens is 3. The Morgan fingerprint density at radius 3 is 2.44 bits per heavy atom. The topological polar surface area (TPSA) is 82.9 Å². The number of alkyl halides is 3. The summed E-state index contributed by atoms with van der Waals surface area (Å²) in [5.74, 6) is -0.469. The maximum absolute atomic E-state index is 15.8. The van der Waals surface area contributed by atoms with E-state index in [0.717, 1.165) is 10.1 Å². The van der Waals surface area contributed by atoms with Gasteiger partial charge in [0.1, 0.15) is 5.60 Å². The molecule has 1 amide bonds. The van der Waals surface area contributed by atoms with Gasteiger partial charge in [0, 0.05) is 55.6 Å². The third-order valence-electron chi connectivity index (χ3n) is 8.05. The lowest BCUT2D eigenvalue weighted by molar-refractivity contribution is -0.143. The van der Waals surface area contributed by atoms with Gasteiger partial charge in [0.2, 0.25) is 6.30 Å². The standard InChI is InChI=1S/C34H44F3N3O5/c1-20(43-8)28-24(10-9-14-38-28)29-26(17-34(6,7)19-44-21(2)41)25-16-22(11-12-27(25)40(29)31(37)30(35)36)23-13-15-39(18-23)32(42)45-33(3,4)5/h9-12,14,16,20,23,30-31H,13,15,17-19H2,1-8H3/t20-,23?,31?/m0/s1. The number of carbonyl (C=O) groups excluding carboxylic acids is 2. The van der Waals surface area contributed by atoms with Gasteiger partial charge in [-0.3, -0.25) is 9.78 Å². The van der Waals surface area contributed by atoms with Gasteiger partial charge in [-0.25, -0.2) is 18.0 Å². The highest BCUT2D eigenvalue weighted by Crippen LogP contribution is 2.44. The summed E-state index contributed by atoms with van der Waals surface area (Å²) in [6.45, 7) is 13.4. The Kier molecular flexibility index (Phi) is 10.2. The molecule has 1 saturated heterocycles. The average molecular weight is 632 g/mol. The molecule has 0 radical (unpaired) electrons. The monoisotopic (exact) mass is 631 g/mol.